The first-order valence-electron chi connectivity index (χ1n) is 9.20. The van der Waals surface area contributed by atoms with Crippen LogP contribution >= 0.6 is 0 Å². The maximum Gasteiger partial charge on any atom is 0.272 e. The van der Waals surface area contributed by atoms with Crippen molar-refractivity contribution in [2.24, 2.45) is 0 Å². The molecule has 1 aliphatic rings. The van der Waals surface area contributed by atoms with Crippen LogP contribution in [0.5, 0.6) is 11.5 Å². The molecule has 0 aliphatic carbocycles. The molecular formula is C22H26N2O4. The molecule has 0 atom stereocenters. The number of hydrogen-bond acceptors (Lipinski definition) is 4. The highest BCUT2D eigenvalue weighted by Crippen LogP contribution is 2.34. The second-order valence-corrected chi connectivity index (χ2v) is 8.15. The highest BCUT2D eigenvalue weighted by atomic mass is 16.7. The van der Waals surface area contributed by atoms with Gasteiger partial charge < -0.3 is 9.47 Å². The molecular weight excluding hydrogens is 356 g/mol. The van der Waals surface area contributed by atoms with Crippen LogP contribution in [-0.2, 0) is 0 Å². The van der Waals surface area contributed by atoms with Crippen LogP contribution in [0.1, 0.15) is 58.2 Å². The second kappa shape index (κ2) is 7.19. The summed E-state index contributed by atoms with van der Waals surface area (Å²) in [6, 6.07) is 9.07. The minimum absolute atomic E-state index is 0.138. The fourth-order valence-corrected chi connectivity index (χ4v) is 3.20. The van der Waals surface area contributed by atoms with Crippen LogP contribution in [-0.4, -0.2) is 29.2 Å². The van der Waals surface area contributed by atoms with Gasteiger partial charge in [-0.3, -0.25) is 15.0 Å². The van der Waals surface area contributed by atoms with Gasteiger partial charge in [-0.1, -0.05) is 17.2 Å². The van der Waals surface area contributed by atoms with E-state index >= 15 is 0 Å². The molecule has 1 heterocycles. The summed E-state index contributed by atoms with van der Waals surface area (Å²) < 4.78 is 10.7. The molecule has 0 fully saturated rings. The van der Waals surface area contributed by atoms with E-state index < -0.39 is 5.54 Å². The van der Waals surface area contributed by atoms with Crippen LogP contribution in [0.25, 0.3) is 0 Å². The number of benzene rings is 2. The van der Waals surface area contributed by atoms with Crippen molar-refractivity contribution < 1.29 is 19.1 Å². The summed E-state index contributed by atoms with van der Waals surface area (Å²) >= 11 is 0. The molecule has 0 saturated heterocycles. The highest BCUT2D eigenvalue weighted by Gasteiger charge is 2.30. The first kappa shape index (κ1) is 19.7. The second-order valence-electron chi connectivity index (χ2n) is 8.15. The maximum absolute atomic E-state index is 13.2. The average Bonchev–Trinajstić information content (AvgIpc) is 3.03. The molecule has 2 aromatic rings. The number of carbonyl (C=O) groups is 2. The Morgan fingerprint density at radius 1 is 0.929 bits per heavy atom. The fourth-order valence-electron chi connectivity index (χ4n) is 3.20. The van der Waals surface area contributed by atoms with Crippen LogP contribution in [0, 0.1) is 20.8 Å². The number of rotatable bonds is 2. The molecule has 0 unspecified atom stereocenters. The van der Waals surface area contributed by atoms with Crippen LogP contribution < -0.4 is 14.9 Å². The number of hydrogen-bond donors (Lipinski definition) is 1. The number of nitrogens with one attached hydrogen (secondary N) is 1. The molecule has 6 nitrogen and oxygen atoms in total. The molecule has 0 saturated carbocycles. The van der Waals surface area contributed by atoms with E-state index in [0.717, 1.165) is 16.7 Å². The van der Waals surface area contributed by atoms with Crippen molar-refractivity contribution in [1.82, 2.24) is 10.4 Å². The maximum atomic E-state index is 13.2. The largest absolute Gasteiger partial charge is 0.454 e. The third kappa shape index (κ3) is 3.96. The van der Waals surface area contributed by atoms with Crippen LogP contribution in [0.3, 0.4) is 0 Å². The summed E-state index contributed by atoms with van der Waals surface area (Å²) in [6.45, 7) is 11.5. The van der Waals surface area contributed by atoms with Crippen molar-refractivity contribution in [3.8, 4) is 11.5 Å². The van der Waals surface area contributed by atoms with Gasteiger partial charge in [-0.2, -0.15) is 0 Å². The van der Waals surface area contributed by atoms with Crippen molar-refractivity contribution >= 4 is 11.8 Å². The average molecular weight is 382 g/mol. The molecule has 2 aromatic carbocycles. The van der Waals surface area contributed by atoms with Gasteiger partial charge in [0.15, 0.2) is 11.5 Å². The van der Waals surface area contributed by atoms with Gasteiger partial charge in [0.1, 0.15) is 0 Å². The Morgan fingerprint density at radius 2 is 1.50 bits per heavy atom. The van der Waals surface area contributed by atoms with Crippen LogP contribution in [0.2, 0.25) is 0 Å². The van der Waals surface area contributed by atoms with E-state index in [2.05, 4.69) is 5.43 Å². The van der Waals surface area contributed by atoms with Gasteiger partial charge in [0, 0.05) is 11.1 Å². The normalized spacial score (nSPS) is 12.6. The molecule has 6 heteroatoms. The van der Waals surface area contributed by atoms with Crippen molar-refractivity contribution in [3.05, 3.63) is 58.1 Å². The number of aryl methyl sites for hydroxylation is 3. The lowest BCUT2D eigenvalue weighted by molar-refractivity contribution is 0.0358. The highest BCUT2D eigenvalue weighted by molar-refractivity contribution is 6.00. The third-order valence-electron chi connectivity index (χ3n) is 4.52. The van der Waals surface area contributed by atoms with Crippen LogP contribution in [0.15, 0.2) is 30.3 Å². The number of ether oxygens (including phenoxy) is 2. The Bertz CT molecular complexity index is 924. The summed E-state index contributed by atoms with van der Waals surface area (Å²) in [4.78, 5) is 26.2. The lowest BCUT2D eigenvalue weighted by Crippen LogP contribution is -2.56. The first-order valence-corrected chi connectivity index (χ1v) is 9.20. The summed E-state index contributed by atoms with van der Waals surface area (Å²) in [5, 5.41) is 1.38. The molecule has 28 heavy (non-hydrogen) atoms. The Hall–Kier alpha value is -3.02. The first-order chi connectivity index (χ1) is 13.1. The van der Waals surface area contributed by atoms with Gasteiger partial charge in [0.25, 0.3) is 11.8 Å². The monoisotopic (exact) mass is 382 g/mol. The predicted octanol–water partition coefficient (Wildman–Crippen LogP) is 3.93. The van der Waals surface area contributed by atoms with E-state index in [1.807, 2.05) is 59.7 Å². The van der Waals surface area contributed by atoms with E-state index in [0.29, 0.717) is 22.6 Å². The van der Waals surface area contributed by atoms with Gasteiger partial charge in [0.05, 0.1) is 5.54 Å². The van der Waals surface area contributed by atoms with Gasteiger partial charge in [-0.25, -0.2) is 5.01 Å². The van der Waals surface area contributed by atoms with Crippen molar-refractivity contribution in [2.75, 3.05) is 6.79 Å². The van der Waals surface area contributed by atoms with E-state index in [-0.39, 0.29) is 18.6 Å². The zero-order valence-electron chi connectivity index (χ0n) is 17.2. The summed E-state index contributed by atoms with van der Waals surface area (Å²) in [5.41, 5.74) is 5.88. The van der Waals surface area contributed by atoms with Crippen molar-refractivity contribution in [3.63, 3.8) is 0 Å². The number of nitrogens with zero attached hydrogens (tertiary/aromatic N) is 1. The zero-order chi connectivity index (χ0) is 20.6. The standard InChI is InChI=1S/C22H26N2O4/c1-13-7-14(2)9-16(8-13)21(26)24(22(4,5)6)23-20(25)17-11-19-18(10-15(17)3)27-12-28-19/h7-11H,12H2,1-6H3,(H,23,25). The van der Waals surface area contributed by atoms with Gasteiger partial charge in [-0.15, -0.1) is 0 Å². The number of carbonyl (C=O) groups excluding carboxylic acids is 2. The van der Waals surface area contributed by atoms with Crippen molar-refractivity contribution in [2.45, 2.75) is 47.1 Å². The fraction of sp³-hybridized carbons (Fsp3) is 0.364. The van der Waals surface area contributed by atoms with Gasteiger partial charge in [-0.05, 0) is 71.4 Å². The lowest BCUT2D eigenvalue weighted by Gasteiger charge is -2.35. The minimum Gasteiger partial charge on any atom is -0.454 e. The zero-order valence-corrected chi connectivity index (χ0v) is 17.2. The molecule has 1 N–H and O–H groups in total. The van der Waals surface area contributed by atoms with E-state index in [4.69, 9.17) is 9.47 Å². The Morgan fingerprint density at radius 3 is 2.07 bits per heavy atom. The summed E-state index contributed by atoms with van der Waals surface area (Å²) in [7, 11) is 0. The van der Waals surface area contributed by atoms with E-state index in [9.17, 15) is 9.59 Å². The predicted molar refractivity (Wildman–Crippen MR) is 107 cm³/mol. The molecule has 0 radical (unpaired) electrons. The molecule has 1 aliphatic heterocycles. The molecule has 0 spiro atoms. The number of hydrazine groups is 1. The third-order valence-corrected chi connectivity index (χ3v) is 4.52. The molecule has 2 amide bonds. The Kier molecular flexibility index (Phi) is 5.06. The van der Waals surface area contributed by atoms with Gasteiger partial charge in [0.2, 0.25) is 6.79 Å². The SMILES string of the molecule is Cc1cc(C)cc(C(=O)N(NC(=O)c2cc3c(cc2C)OCO3)C(C)(C)C)c1. The molecule has 0 aromatic heterocycles. The summed E-state index contributed by atoms with van der Waals surface area (Å²) in [6.07, 6.45) is 0. The topological polar surface area (TPSA) is 67.9 Å². The Balaban J connectivity index is 1.91. The van der Waals surface area contributed by atoms with Crippen molar-refractivity contribution in [1.29, 1.82) is 0 Å². The quantitative estimate of drug-likeness (QED) is 0.799. The number of fused-ring (bicyclic) bond motifs is 1. The molecule has 3 rings (SSSR count). The summed E-state index contributed by atoms with van der Waals surface area (Å²) in [5.74, 6) is 0.515. The molecule has 148 valence electrons. The van der Waals surface area contributed by atoms with Crippen LogP contribution in [0.4, 0.5) is 0 Å². The van der Waals surface area contributed by atoms with Gasteiger partial charge >= 0.3 is 0 Å². The molecule has 0 bridgehead atoms. The Labute approximate surface area is 165 Å². The number of amides is 2. The minimum atomic E-state index is -0.616. The van der Waals surface area contributed by atoms with E-state index in [1.165, 1.54) is 5.01 Å². The lowest BCUT2D eigenvalue weighted by atomic mass is 10.0. The smallest absolute Gasteiger partial charge is 0.272 e. The van der Waals surface area contributed by atoms with E-state index in [1.54, 1.807) is 12.1 Å².